The van der Waals surface area contributed by atoms with Crippen molar-refractivity contribution in [2.45, 2.75) is 39.2 Å². The number of nitrogens with zero attached hydrogens (tertiary/aromatic N) is 2. The summed E-state index contributed by atoms with van der Waals surface area (Å²) in [7, 11) is 1.95. The van der Waals surface area contributed by atoms with Gasteiger partial charge in [-0.25, -0.2) is 0 Å². The van der Waals surface area contributed by atoms with Crippen molar-refractivity contribution in [3.8, 4) is 0 Å². The van der Waals surface area contributed by atoms with E-state index in [0.29, 0.717) is 0 Å². The van der Waals surface area contributed by atoms with Crippen LogP contribution in [0.15, 0.2) is 36.7 Å². The van der Waals surface area contributed by atoms with Gasteiger partial charge in [0, 0.05) is 6.20 Å². The fraction of sp³-hybridized carbons (Fsp3) is 0.412. The van der Waals surface area contributed by atoms with E-state index in [2.05, 4.69) is 60.3 Å². The quantitative estimate of drug-likeness (QED) is 0.928. The molecule has 3 heteroatoms. The molecule has 0 aliphatic rings. The van der Waals surface area contributed by atoms with E-state index in [9.17, 15) is 0 Å². The molecule has 1 unspecified atom stereocenters. The molecule has 1 N–H and O–H groups in total. The number of hydrogen-bond acceptors (Lipinski definition) is 3. The van der Waals surface area contributed by atoms with E-state index in [-0.39, 0.29) is 11.5 Å². The van der Waals surface area contributed by atoms with Crippen molar-refractivity contribution in [3.63, 3.8) is 0 Å². The number of aromatic nitrogens is 2. The van der Waals surface area contributed by atoms with E-state index >= 15 is 0 Å². The fourth-order valence-electron chi connectivity index (χ4n) is 2.21. The van der Waals surface area contributed by atoms with Crippen molar-refractivity contribution >= 4 is 0 Å². The summed E-state index contributed by atoms with van der Waals surface area (Å²) in [6.07, 6.45) is 3.65. The van der Waals surface area contributed by atoms with Gasteiger partial charge in [-0.15, -0.1) is 0 Å². The van der Waals surface area contributed by atoms with E-state index in [1.807, 2.05) is 26.4 Å². The van der Waals surface area contributed by atoms with Crippen LogP contribution in [0, 0.1) is 6.92 Å². The van der Waals surface area contributed by atoms with Gasteiger partial charge in [0.2, 0.25) is 0 Å². The van der Waals surface area contributed by atoms with E-state index < -0.39 is 0 Å². The molecule has 0 bridgehead atoms. The maximum atomic E-state index is 4.47. The van der Waals surface area contributed by atoms with Gasteiger partial charge in [0.05, 0.1) is 23.6 Å². The van der Waals surface area contributed by atoms with E-state index in [1.165, 1.54) is 11.1 Å². The Kier molecular flexibility index (Phi) is 4.19. The number of hydrogen-bond donors (Lipinski definition) is 1. The van der Waals surface area contributed by atoms with Crippen LogP contribution in [0.2, 0.25) is 0 Å². The third-order valence-electron chi connectivity index (χ3n) is 3.50. The zero-order valence-electron chi connectivity index (χ0n) is 12.9. The summed E-state index contributed by atoms with van der Waals surface area (Å²) >= 11 is 0. The first kappa shape index (κ1) is 14.7. The maximum Gasteiger partial charge on any atom is 0.0801 e. The molecule has 0 fully saturated rings. The Morgan fingerprint density at radius 1 is 1.00 bits per heavy atom. The van der Waals surface area contributed by atoms with Crippen molar-refractivity contribution < 1.29 is 0 Å². The molecule has 20 heavy (non-hydrogen) atoms. The van der Waals surface area contributed by atoms with Crippen LogP contribution in [0.4, 0.5) is 0 Å². The molecule has 0 saturated heterocycles. The molecule has 1 aromatic carbocycles. The molecule has 2 rings (SSSR count). The molecule has 0 radical (unpaired) electrons. The van der Waals surface area contributed by atoms with Crippen LogP contribution in [-0.2, 0) is 5.41 Å². The van der Waals surface area contributed by atoms with Crippen LogP contribution >= 0.6 is 0 Å². The highest BCUT2D eigenvalue weighted by Gasteiger charge is 2.16. The summed E-state index contributed by atoms with van der Waals surface area (Å²) in [6, 6.07) is 8.81. The average Bonchev–Trinajstić information content (AvgIpc) is 2.41. The Labute approximate surface area is 121 Å². The minimum absolute atomic E-state index is 0.0807. The van der Waals surface area contributed by atoms with Crippen LogP contribution in [0.5, 0.6) is 0 Å². The van der Waals surface area contributed by atoms with Gasteiger partial charge in [-0.2, -0.15) is 0 Å². The van der Waals surface area contributed by atoms with Gasteiger partial charge in [-0.1, -0.05) is 45.0 Å². The van der Waals surface area contributed by atoms with Crippen molar-refractivity contribution in [1.82, 2.24) is 15.3 Å². The summed E-state index contributed by atoms with van der Waals surface area (Å²) in [6.45, 7) is 8.62. The van der Waals surface area contributed by atoms with Gasteiger partial charge in [0.1, 0.15) is 0 Å². The third kappa shape index (κ3) is 3.23. The van der Waals surface area contributed by atoms with Crippen molar-refractivity contribution in [3.05, 3.63) is 59.2 Å². The molecular weight excluding hydrogens is 246 g/mol. The topological polar surface area (TPSA) is 37.8 Å². The van der Waals surface area contributed by atoms with Crippen molar-refractivity contribution in [2.24, 2.45) is 0 Å². The van der Waals surface area contributed by atoms with Crippen LogP contribution in [0.3, 0.4) is 0 Å². The Bertz CT molecular complexity index is 550. The molecular formula is C17H23N3. The highest BCUT2D eigenvalue weighted by atomic mass is 14.9. The smallest absolute Gasteiger partial charge is 0.0801 e. The second-order valence-corrected chi connectivity index (χ2v) is 6.18. The Balaban J connectivity index is 2.30. The van der Waals surface area contributed by atoms with Gasteiger partial charge in [-0.05, 0) is 30.5 Å². The average molecular weight is 269 g/mol. The summed E-state index contributed by atoms with van der Waals surface area (Å²) < 4.78 is 0. The first-order valence-electron chi connectivity index (χ1n) is 6.98. The van der Waals surface area contributed by atoms with Crippen molar-refractivity contribution in [1.29, 1.82) is 0 Å². The van der Waals surface area contributed by atoms with E-state index in [0.717, 1.165) is 11.4 Å². The molecule has 106 valence electrons. The number of aryl methyl sites for hydroxylation is 1. The first-order chi connectivity index (χ1) is 9.41. The van der Waals surface area contributed by atoms with E-state index in [1.54, 1.807) is 0 Å². The largest absolute Gasteiger partial charge is 0.308 e. The molecule has 0 aliphatic heterocycles. The third-order valence-corrected chi connectivity index (χ3v) is 3.50. The van der Waals surface area contributed by atoms with Crippen LogP contribution in [0.25, 0.3) is 0 Å². The normalized spacial score (nSPS) is 13.2. The monoisotopic (exact) mass is 269 g/mol. The van der Waals surface area contributed by atoms with Gasteiger partial charge in [0.25, 0.3) is 0 Å². The minimum atomic E-state index is 0.0807. The van der Waals surface area contributed by atoms with Crippen LogP contribution < -0.4 is 5.32 Å². The number of benzene rings is 1. The lowest BCUT2D eigenvalue weighted by molar-refractivity contribution is 0.588. The lowest BCUT2D eigenvalue weighted by Crippen LogP contribution is -2.19. The predicted octanol–water partition coefficient (Wildman–Crippen LogP) is 3.39. The molecule has 1 aromatic heterocycles. The lowest BCUT2D eigenvalue weighted by atomic mass is 9.86. The second-order valence-electron chi connectivity index (χ2n) is 6.18. The molecule has 2 aromatic rings. The Morgan fingerprint density at radius 2 is 1.65 bits per heavy atom. The highest BCUT2D eigenvalue weighted by molar-refractivity contribution is 5.32. The summed E-state index contributed by atoms with van der Waals surface area (Å²) in [5.41, 5.74) is 4.61. The van der Waals surface area contributed by atoms with Gasteiger partial charge < -0.3 is 5.32 Å². The zero-order chi connectivity index (χ0) is 14.8. The fourth-order valence-corrected chi connectivity index (χ4v) is 2.21. The first-order valence-corrected chi connectivity index (χ1v) is 6.98. The highest BCUT2D eigenvalue weighted by Crippen LogP contribution is 2.25. The molecule has 1 atom stereocenters. The molecule has 1 heterocycles. The maximum absolute atomic E-state index is 4.47. The number of nitrogens with one attached hydrogen (secondary N) is 1. The van der Waals surface area contributed by atoms with Crippen LogP contribution in [-0.4, -0.2) is 17.0 Å². The van der Waals surface area contributed by atoms with Gasteiger partial charge in [0.15, 0.2) is 0 Å². The van der Waals surface area contributed by atoms with Crippen LogP contribution in [0.1, 0.15) is 49.3 Å². The number of rotatable bonds is 3. The molecule has 0 aliphatic carbocycles. The minimum Gasteiger partial charge on any atom is -0.308 e. The lowest BCUT2D eigenvalue weighted by Gasteiger charge is -2.21. The molecule has 0 spiro atoms. The molecule has 3 nitrogen and oxygen atoms in total. The SMILES string of the molecule is CNC(c1ccc(C(C)(C)C)cc1)c1cnc(C)cn1. The zero-order valence-corrected chi connectivity index (χ0v) is 12.9. The standard InChI is InChI=1S/C17H23N3/c1-12-10-20-15(11-19-12)16(18-5)13-6-8-14(9-7-13)17(2,3)4/h6-11,16,18H,1-5H3. The Hall–Kier alpha value is -1.74. The van der Waals surface area contributed by atoms with E-state index in [4.69, 9.17) is 0 Å². The predicted molar refractivity (Wildman–Crippen MR) is 82.8 cm³/mol. The summed E-state index contributed by atoms with van der Waals surface area (Å²) in [5, 5.41) is 3.31. The second kappa shape index (κ2) is 5.71. The molecule has 0 amide bonds. The summed E-state index contributed by atoms with van der Waals surface area (Å²) in [5.74, 6) is 0. The van der Waals surface area contributed by atoms with Gasteiger partial charge >= 0.3 is 0 Å². The summed E-state index contributed by atoms with van der Waals surface area (Å²) in [4.78, 5) is 8.80. The van der Waals surface area contributed by atoms with Gasteiger partial charge in [-0.3, -0.25) is 9.97 Å². The molecule has 0 saturated carbocycles. The Morgan fingerprint density at radius 3 is 2.10 bits per heavy atom. The van der Waals surface area contributed by atoms with Crippen molar-refractivity contribution in [2.75, 3.05) is 7.05 Å².